The molecule has 0 unspecified atom stereocenters. The molecular weight excluding hydrogens is 231 g/mol. The average molecular weight is 244 g/mol. The SMILES string of the molecule is Cc1ccc(Cc2ccc3c(c2)OCO3)cc1F. The number of hydrogen-bond donors (Lipinski definition) is 0. The first-order valence-corrected chi connectivity index (χ1v) is 5.86. The van der Waals surface area contributed by atoms with E-state index in [-0.39, 0.29) is 12.6 Å². The summed E-state index contributed by atoms with van der Waals surface area (Å²) in [5.74, 6) is 1.38. The Hall–Kier alpha value is -2.03. The molecule has 1 heterocycles. The summed E-state index contributed by atoms with van der Waals surface area (Å²) in [5.41, 5.74) is 2.71. The number of hydrogen-bond acceptors (Lipinski definition) is 2. The molecule has 0 saturated carbocycles. The third kappa shape index (κ3) is 2.04. The van der Waals surface area contributed by atoms with Gasteiger partial charge in [-0.05, 0) is 48.2 Å². The molecule has 0 spiro atoms. The molecule has 3 heteroatoms. The Morgan fingerprint density at radius 2 is 1.72 bits per heavy atom. The van der Waals surface area contributed by atoms with Crippen molar-refractivity contribution in [3.8, 4) is 11.5 Å². The highest BCUT2D eigenvalue weighted by Gasteiger charge is 2.13. The van der Waals surface area contributed by atoms with Crippen LogP contribution in [0.15, 0.2) is 36.4 Å². The smallest absolute Gasteiger partial charge is 0.231 e. The van der Waals surface area contributed by atoms with Crippen molar-refractivity contribution in [1.29, 1.82) is 0 Å². The molecule has 3 rings (SSSR count). The third-order valence-electron chi connectivity index (χ3n) is 3.08. The summed E-state index contributed by atoms with van der Waals surface area (Å²) in [7, 11) is 0. The van der Waals surface area contributed by atoms with Crippen LogP contribution < -0.4 is 9.47 Å². The van der Waals surface area contributed by atoms with Gasteiger partial charge in [0.25, 0.3) is 0 Å². The van der Waals surface area contributed by atoms with Crippen molar-refractivity contribution in [2.45, 2.75) is 13.3 Å². The van der Waals surface area contributed by atoms with Crippen molar-refractivity contribution >= 4 is 0 Å². The molecule has 18 heavy (non-hydrogen) atoms. The van der Waals surface area contributed by atoms with E-state index in [9.17, 15) is 4.39 Å². The van der Waals surface area contributed by atoms with E-state index in [4.69, 9.17) is 9.47 Å². The predicted octanol–water partition coefficient (Wildman–Crippen LogP) is 3.45. The van der Waals surface area contributed by atoms with Crippen LogP contribution in [0.3, 0.4) is 0 Å². The van der Waals surface area contributed by atoms with Gasteiger partial charge in [-0.3, -0.25) is 0 Å². The minimum absolute atomic E-state index is 0.159. The van der Waals surface area contributed by atoms with Gasteiger partial charge in [-0.15, -0.1) is 0 Å². The highest BCUT2D eigenvalue weighted by atomic mass is 19.1. The number of rotatable bonds is 2. The van der Waals surface area contributed by atoms with Crippen molar-refractivity contribution in [3.63, 3.8) is 0 Å². The predicted molar refractivity (Wildman–Crippen MR) is 66.5 cm³/mol. The molecule has 0 N–H and O–H groups in total. The van der Waals surface area contributed by atoms with Gasteiger partial charge in [-0.1, -0.05) is 18.2 Å². The molecule has 0 atom stereocenters. The molecular formula is C15H13FO2. The van der Waals surface area contributed by atoms with Crippen LogP contribution in [0.5, 0.6) is 11.5 Å². The van der Waals surface area contributed by atoms with Gasteiger partial charge in [-0.2, -0.15) is 0 Å². The van der Waals surface area contributed by atoms with E-state index in [1.807, 2.05) is 24.3 Å². The van der Waals surface area contributed by atoms with Crippen LogP contribution >= 0.6 is 0 Å². The zero-order valence-electron chi connectivity index (χ0n) is 10.1. The second-order valence-corrected chi connectivity index (χ2v) is 4.45. The van der Waals surface area contributed by atoms with E-state index in [1.165, 1.54) is 0 Å². The van der Waals surface area contributed by atoms with Crippen molar-refractivity contribution in [3.05, 3.63) is 58.9 Å². The van der Waals surface area contributed by atoms with Crippen molar-refractivity contribution in [1.82, 2.24) is 0 Å². The summed E-state index contributed by atoms with van der Waals surface area (Å²) in [6, 6.07) is 11.1. The van der Waals surface area contributed by atoms with Crippen molar-refractivity contribution in [2.24, 2.45) is 0 Å². The summed E-state index contributed by atoms with van der Waals surface area (Å²) in [4.78, 5) is 0. The van der Waals surface area contributed by atoms with Gasteiger partial charge in [0.2, 0.25) is 6.79 Å². The van der Waals surface area contributed by atoms with Gasteiger partial charge in [0.1, 0.15) is 5.82 Å². The number of halogens is 1. The van der Waals surface area contributed by atoms with Crippen molar-refractivity contribution in [2.75, 3.05) is 6.79 Å². The van der Waals surface area contributed by atoms with Crippen LogP contribution in [0.25, 0.3) is 0 Å². The number of aryl methyl sites for hydroxylation is 1. The average Bonchev–Trinajstić information content (AvgIpc) is 2.81. The molecule has 0 radical (unpaired) electrons. The Bertz CT molecular complexity index is 593. The van der Waals surface area contributed by atoms with E-state index in [0.717, 1.165) is 22.6 Å². The Balaban J connectivity index is 1.85. The zero-order chi connectivity index (χ0) is 12.5. The summed E-state index contributed by atoms with van der Waals surface area (Å²) in [6.45, 7) is 2.04. The molecule has 2 aromatic rings. The highest BCUT2D eigenvalue weighted by Crippen LogP contribution is 2.33. The minimum atomic E-state index is -0.159. The Kier molecular flexibility index (Phi) is 2.67. The first-order valence-electron chi connectivity index (χ1n) is 5.86. The van der Waals surface area contributed by atoms with Crippen LogP contribution in [0.1, 0.15) is 16.7 Å². The van der Waals surface area contributed by atoms with E-state index < -0.39 is 0 Å². The van der Waals surface area contributed by atoms with Crippen LogP contribution in [-0.2, 0) is 6.42 Å². The molecule has 2 aromatic carbocycles. The second-order valence-electron chi connectivity index (χ2n) is 4.45. The summed E-state index contributed by atoms with van der Waals surface area (Å²) < 4.78 is 24.0. The topological polar surface area (TPSA) is 18.5 Å². The monoisotopic (exact) mass is 244 g/mol. The first-order chi connectivity index (χ1) is 8.72. The maximum Gasteiger partial charge on any atom is 0.231 e. The van der Waals surface area contributed by atoms with Crippen LogP contribution in [0.2, 0.25) is 0 Å². The normalized spacial score (nSPS) is 12.8. The second kappa shape index (κ2) is 4.33. The summed E-state index contributed by atoms with van der Waals surface area (Å²) in [5, 5.41) is 0. The van der Waals surface area contributed by atoms with Gasteiger partial charge in [-0.25, -0.2) is 4.39 Å². The lowest BCUT2D eigenvalue weighted by Crippen LogP contribution is -1.93. The summed E-state index contributed by atoms with van der Waals surface area (Å²) >= 11 is 0. The zero-order valence-corrected chi connectivity index (χ0v) is 10.1. The Morgan fingerprint density at radius 3 is 2.56 bits per heavy atom. The molecule has 92 valence electrons. The summed E-state index contributed by atoms with van der Waals surface area (Å²) in [6.07, 6.45) is 0.688. The number of benzene rings is 2. The molecule has 1 aliphatic heterocycles. The first kappa shape index (κ1) is 11.1. The van der Waals surface area contributed by atoms with Crippen LogP contribution in [0.4, 0.5) is 4.39 Å². The third-order valence-corrected chi connectivity index (χ3v) is 3.08. The molecule has 0 fully saturated rings. The Morgan fingerprint density at radius 1 is 1.00 bits per heavy atom. The Labute approximate surface area is 105 Å². The molecule has 0 aliphatic carbocycles. The maximum absolute atomic E-state index is 13.5. The van der Waals surface area contributed by atoms with Gasteiger partial charge < -0.3 is 9.47 Å². The standard InChI is InChI=1S/C15H13FO2/c1-10-2-3-11(7-13(10)16)6-12-4-5-14-15(8-12)18-9-17-14/h2-5,7-8H,6,9H2,1H3. The fourth-order valence-electron chi connectivity index (χ4n) is 2.03. The van der Waals surface area contributed by atoms with Gasteiger partial charge >= 0.3 is 0 Å². The fraction of sp³-hybridized carbons (Fsp3) is 0.200. The van der Waals surface area contributed by atoms with E-state index in [0.29, 0.717) is 12.0 Å². The van der Waals surface area contributed by atoms with Gasteiger partial charge in [0.15, 0.2) is 11.5 Å². The van der Waals surface area contributed by atoms with Gasteiger partial charge in [0, 0.05) is 0 Å². The molecule has 0 saturated heterocycles. The van der Waals surface area contributed by atoms with E-state index >= 15 is 0 Å². The molecule has 0 aromatic heterocycles. The van der Waals surface area contributed by atoms with E-state index in [2.05, 4.69) is 0 Å². The fourth-order valence-corrected chi connectivity index (χ4v) is 2.03. The van der Waals surface area contributed by atoms with Gasteiger partial charge in [0.05, 0.1) is 0 Å². The minimum Gasteiger partial charge on any atom is -0.454 e. The lowest BCUT2D eigenvalue weighted by molar-refractivity contribution is 0.174. The number of ether oxygens (including phenoxy) is 2. The highest BCUT2D eigenvalue weighted by molar-refractivity contribution is 5.45. The lowest BCUT2D eigenvalue weighted by atomic mass is 10.0. The lowest BCUT2D eigenvalue weighted by Gasteiger charge is -2.05. The molecule has 0 amide bonds. The molecule has 0 bridgehead atoms. The van der Waals surface area contributed by atoms with Crippen LogP contribution in [-0.4, -0.2) is 6.79 Å². The van der Waals surface area contributed by atoms with Crippen molar-refractivity contribution < 1.29 is 13.9 Å². The van der Waals surface area contributed by atoms with E-state index in [1.54, 1.807) is 19.1 Å². The quantitative estimate of drug-likeness (QED) is 0.805. The van der Waals surface area contributed by atoms with Crippen LogP contribution in [0, 0.1) is 12.7 Å². The largest absolute Gasteiger partial charge is 0.454 e. The molecule has 1 aliphatic rings. The maximum atomic E-state index is 13.5. The number of fused-ring (bicyclic) bond motifs is 1. The molecule has 2 nitrogen and oxygen atoms in total.